The largest absolute Gasteiger partial charge is 0.504 e. The van der Waals surface area contributed by atoms with E-state index < -0.39 is 18.6 Å². The van der Waals surface area contributed by atoms with E-state index in [0.717, 1.165) is 0 Å². The molecule has 0 saturated heterocycles. The predicted octanol–water partition coefficient (Wildman–Crippen LogP) is 2.53. The van der Waals surface area contributed by atoms with E-state index in [2.05, 4.69) is 5.32 Å². The van der Waals surface area contributed by atoms with E-state index in [1.165, 1.54) is 25.1 Å². The minimum atomic E-state index is -4.19. The molecule has 0 aliphatic heterocycles. The number of nitrogens with one attached hydrogen (secondary N) is 1. The predicted molar refractivity (Wildman–Crippen MR) is 56.7 cm³/mol. The van der Waals surface area contributed by atoms with E-state index in [1.807, 2.05) is 0 Å². The fourth-order valence-corrected chi connectivity index (χ4v) is 1.39. The zero-order chi connectivity index (χ0) is 13.1. The maximum Gasteiger partial charge on any atom is 0.390 e. The summed E-state index contributed by atoms with van der Waals surface area (Å²) in [7, 11) is 0. The molecule has 96 valence electrons. The molecule has 0 amide bonds. The fourth-order valence-electron chi connectivity index (χ4n) is 1.39. The van der Waals surface area contributed by atoms with Gasteiger partial charge in [-0.1, -0.05) is 6.07 Å². The molecule has 1 aromatic carbocycles. The van der Waals surface area contributed by atoms with Crippen LogP contribution in [0, 0.1) is 0 Å². The summed E-state index contributed by atoms with van der Waals surface area (Å²) in [6.45, 7) is 1.64. The Kier molecular flexibility index (Phi) is 4.22. The smallest absolute Gasteiger partial charge is 0.390 e. The van der Waals surface area contributed by atoms with Gasteiger partial charge in [-0.15, -0.1) is 0 Å². The molecule has 1 aromatic rings. The number of alkyl halides is 3. The highest BCUT2D eigenvalue weighted by atomic mass is 19.4. The summed E-state index contributed by atoms with van der Waals surface area (Å²) >= 11 is 0. The molecular weight excluding hydrogens is 235 g/mol. The van der Waals surface area contributed by atoms with Crippen LogP contribution < -0.4 is 5.32 Å². The third kappa shape index (κ3) is 4.95. The molecule has 1 unspecified atom stereocenters. The van der Waals surface area contributed by atoms with Gasteiger partial charge in [-0.3, -0.25) is 0 Å². The summed E-state index contributed by atoms with van der Waals surface area (Å²) < 4.78 is 36.1. The van der Waals surface area contributed by atoms with Crippen molar-refractivity contribution in [2.45, 2.75) is 32.1 Å². The van der Waals surface area contributed by atoms with Gasteiger partial charge < -0.3 is 15.5 Å². The molecule has 0 aromatic heterocycles. The molecule has 0 fully saturated rings. The van der Waals surface area contributed by atoms with Crippen molar-refractivity contribution >= 4 is 0 Å². The second kappa shape index (κ2) is 5.27. The summed E-state index contributed by atoms with van der Waals surface area (Å²) in [6.07, 6.45) is -5.10. The summed E-state index contributed by atoms with van der Waals surface area (Å²) in [5.74, 6) is -0.537. The number of phenols is 2. The number of benzene rings is 1. The molecule has 0 radical (unpaired) electrons. The number of aromatic hydroxyl groups is 2. The Hall–Kier alpha value is -1.43. The van der Waals surface area contributed by atoms with Crippen LogP contribution in [0.2, 0.25) is 0 Å². The van der Waals surface area contributed by atoms with E-state index in [-0.39, 0.29) is 18.0 Å². The van der Waals surface area contributed by atoms with E-state index in [4.69, 9.17) is 5.11 Å². The van der Waals surface area contributed by atoms with Crippen molar-refractivity contribution in [3.63, 3.8) is 0 Å². The van der Waals surface area contributed by atoms with Crippen LogP contribution in [0.25, 0.3) is 0 Å². The maximum atomic E-state index is 12.0. The quantitative estimate of drug-likeness (QED) is 0.719. The maximum absolute atomic E-state index is 12.0. The van der Waals surface area contributed by atoms with Crippen molar-refractivity contribution in [2.75, 3.05) is 0 Å². The van der Waals surface area contributed by atoms with Crippen molar-refractivity contribution in [1.82, 2.24) is 5.32 Å². The first-order valence-corrected chi connectivity index (χ1v) is 5.09. The highest BCUT2D eigenvalue weighted by Crippen LogP contribution is 2.25. The van der Waals surface area contributed by atoms with Crippen molar-refractivity contribution < 1.29 is 23.4 Å². The van der Waals surface area contributed by atoms with Gasteiger partial charge in [-0.25, -0.2) is 0 Å². The average Bonchev–Trinajstić information content (AvgIpc) is 2.17. The SMILES string of the molecule is CC(CC(F)(F)F)NCc1ccc(O)c(O)c1. The van der Waals surface area contributed by atoms with Crippen LogP contribution in [0.4, 0.5) is 13.2 Å². The fraction of sp³-hybridized carbons (Fsp3) is 0.455. The van der Waals surface area contributed by atoms with Crippen molar-refractivity contribution in [3.8, 4) is 11.5 Å². The van der Waals surface area contributed by atoms with Gasteiger partial charge in [0.2, 0.25) is 0 Å². The Balaban J connectivity index is 2.47. The van der Waals surface area contributed by atoms with Crippen molar-refractivity contribution in [1.29, 1.82) is 0 Å². The van der Waals surface area contributed by atoms with E-state index >= 15 is 0 Å². The van der Waals surface area contributed by atoms with Gasteiger partial charge in [0, 0.05) is 12.6 Å². The van der Waals surface area contributed by atoms with Gasteiger partial charge in [-0.05, 0) is 24.6 Å². The summed E-state index contributed by atoms with van der Waals surface area (Å²) in [6, 6.07) is 3.43. The first-order valence-electron chi connectivity index (χ1n) is 5.09. The lowest BCUT2D eigenvalue weighted by Gasteiger charge is -2.15. The van der Waals surface area contributed by atoms with Crippen LogP contribution in [0.5, 0.6) is 11.5 Å². The molecule has 0 saturated carbocycles. The molecule has 3 nitrogen and oxygen atoms in total. The lowest BCUT2D eigenvalue weighted by molar-refractivity contribution is -0.139. The summed E-state index contributed by atoms with van der Waals surface area (Å²) in [5, 5.41) is 20.9. The van der Waals surface area contributed by atoms with E-state index in [1.54, 1.807) is 0 Å². The van der Waals surface area contributed by atoms with E-state index in [0.29, 0.717) is 5.56 Å². The van der Waals surface area contributed by atoms with Crippen LogP contribution in [-0.4, -0.2) is 22.4 Å². The van der Waals surface area contributed by atoms with Gasteiger partial charge in [0.1, 0.15) is 0 Å². The lowest BCUT2D eigenvalue weighted by Crippen LogP contribution is -2.30. The Morgan fingerprint density at radius 1 is 1.24 bits per heavy atom. The second-order valence-corrected chi connectivity index (χ2v) is 3.92. The van der Waals surface area contributed by atoms with Crippen LogP contribution in [0.15, 0.2) is 18.2 Å². The molecule has 1 atom stereocenters. The zero-order valence-electron chi connectivity index (χ0n) is 9.25. The Morgan fingerprint density at radius 2 is 1.88 bits per heavy atom. The zero-order valence-corrected chi connectivity index (χ0v) is 9.25. The van der Waals surface area contributed by atoms with Crippen molar-refractivity contribution in [3.05, 3.63) is 23.8 Å². The molecule has 0 spiro atoms. The van der Waals surface area contributed by atoms with Gasteiger partial charge in [0.05, 0.1) is 6.42 Å². The van der Waals surface area contributed by atoms with Crippen LogP contribution in [-0.2, 0) is 6.54 Å². The molecule has 3 N–H and O–H groups in total. The van der Waals surface area contributed by atoms with E-state index in [9.17, 15) is 18.3 Å². The Morgan fingerprint density at radius 3 is 2.41 bits per heavy atom. The first kappa shape index (κ1) is 13.6. The number of halogens is 3. The highest BCUT2D eigenvalue weighted by Gasteiger charge is 2.29. The van der Waals surface area contributed by atoms with Gasteiger partial charge in [0.25, 0.3) is 0 Å². The Bertz CT molecular complexity index is 379. The monoisotopic (exact) mass is 249 g/mol. The molecule has 0 bridgehead atoms. The third-order valence-corrected chi connectivity index (χ3v) is 2.23. The summed E-state index contributed by atoms with van der Waals surface area (Å²) in [4.78, 5) is 0. The average molecular weight is 249 g/mol. The molecule has 0 heterocycles. The molecule has 0 aliphatic carbocycles. The Labute approximate surface area is 96.9 Å². The van der Waals surface area contributed by atoms with Crippen LogP contribution in [0.1, 0.15) is 18.9 Å². The number of hydrogen-bond donors (Lipinski definition) is 3. The highest BCUT2D eigenvalue weighted by molar-refractivity contribution is 5.40. The first-order chi connectivity index (χ1) is 7.78. The summed E-state index contributed by atoms with van der Waals surface area (Å²) in [5.41, 5.74) is 0.606. The molecule has 17 heavy (non-hydrogen) atoms. The number of phenolic OH excluding ortho intramolecular Hbond substituents is 2. The lowest BCUT2D eigenvalue weighted by atomic mass is 10.1. The topological polar surface area (TPSA) is 52.5 Å². The second-order valence-electron chi connectivity index (χ2n) is 3.92. The van der Waals surface area contributed by atoms with Crippen molar-refractivity contribution in [2.24, 2.45) is 0 Å². The molecule has 6 heteroatoms. The van der Waals surface area contributed by atoms with Crippen LogP contribution >= 0.6 is 0 Å². The minimum absolute atomic E-state index is 0.199. The van der Waals surface area contributed by atoms with Gasteiger partial charge in [0.15, 0.2) is 11.5 Å². The standard InChI is InChI=1S/C11H14F3NO2/c1-7(5-11(12,13)14)15-6-8-2-3-9(16)10(17)4-8/h2-4,7,15-17H,5-6H2,1H3. The molecular formula is C11H14F3NO2. The minimum Gasteiger partial charge on any atom is -0.504 e. The van der Waals surface area contributed by atoms with Gasteiger partial charge >= 0.3 is 6.18 Å². The molecule has 1 rings (SSSR count). The number of hydrogen-bond acceptors (Lipinski definition) is 3. The van der Waals surface area contributed by atoms with Crippen LogP contribution in [0.3, 0.4) is 0 Å². The van der Waals surface area contributed by atoms with Gasteiger partial charge in [-0.2, -0.15) is 13.2 Å². The normalized spacial score (nSPS) is 13.6. The third-order valence-electron chi connectivity index (χ3n) is 2.23. The molecule has 0 aliphatic rings. The number of rotatable bonds is 4.